The molecule has 20 heavy (non-hydrogen) atoms. The lowest BCUT2D eigenvalue weighted by Gasteiger charge is -2.06. The summed E-state index contributed by atoms with van der Waals surface area (Å²) in [5, 5.41) is 5.67. The summed E-state index contributed by atoms with van der Waals surface area (Å²) in [7, 11) is 0. The molecule has 0 radical (unpaired) electrons. The summed E-state index contributed by atoms with van der Waals surface area (Å²) in [5.74, 6) is -0.225. The number of carbonyl (C=O) groups excluding carboxylic acids is 1. The van der Waals surface area contributed by atoms with Gasteiger partial charge in [0.25, 0.3) is 5.91 Å². The van der Waals surface area contributed by atoms with Crippen molar-refractivity contribution < 1.29 is 18.0 Å². The summed E-state index contributed by atoms with van der Waals surface area (Å²) in [6.45, 7) is 4.21. The number of aromatic nitrogens is 1. The number of hydrogen-bond donors (Lipinski definition) is 3. The molecule has 0 atom stereocenters. The van der Waals surface area contributed by atoms with Crippen molar-refractivity contribution in [3.05, 3.63) is 4.88 Å². The fraction of sp³-hybridized carbons (Fsp3) is 0.636. The largest absolute Gasteiger partial charge is 0.390 e. The zero-order valence-corrected chi connectivity index (χ0v) is 12.0. The van der Waals surface area contributed by atoms with Crippen molar-refractivity contribution in [3.8, 4) is 0 Å². The zero-order valence-electron chi connectivity index (χ0n) is 11.2. The number of rotatable bonds is 6. The third kappa shape index (κ3) is 5.64. The van der Waals surface area contributed by atoms with Crippen LogP contribution in [0.5, 0.6) is 0 Å². The van der Waals surface area contributed by atoms with E-state index in [1.165, 1.54) is 0 Å². The minimum Gasteiger partial charge on any atom is -0.382 e. The van der Waals surface area contributed by atoms with Crippen LogP contribution in [0.4, 0.5) is 24.1 Å². The average Bonchev–Trinajstić information content (AvgIpc) is 2.66. The van der Waals surface area contributed by atoms with Crippen molar-refractivity contribution >= 4 is 28.2 Å². The Morgan fingerprint density at radius 1 is 1.45 bits per heavy atom. The lowest BCUT2D eigenvalue weighted by atomic mass is 10.2. The van der Waals surface area contributed by atoms with Crippen LogP contribution in [0.2, 0.25) is 0 Å². The molecule has 1 heterocycles. The summed E-state index contributed by atoms with van der Waals surface area (Å²) in [5.41, 5.74) is 5.58. The van der Waals surface area contributed by atoms with Gasteiger partial charge in [-0.05, 0) is 5.92 Å². The average molecular weight is 310 g/mol. The number of halogens is 3. The first kappa shape index (κ1) is 16.5. The van der Waals surface area contributed by atoms with E-state index in [2.05, 4.69) is 15.6 Å². The molecule has 1 amide bonds. The maximum Gasteiger partial charge on any atom is 0.390 e. The monoisotopic (exact) mass is 310 g/mol. The molecule has 1 aromatic rings. The fourth-order valence-electron chi connectivity index (χ4n) is 1.26. The number of carbonyl (C=O) groups is 1. The van der Waals surface area contributed by atoms with E-state index in [1.54, 1.807) is 0 Å². The second-order valence-electron chi connectivity index (χ2n) is 4.63. The molecule has 1 aromatic heterocycles. The van der Waals surface area contributed by atoms with E-state index >= 15 is 0 Å². The second-order valence-corrected chi connectivity index (χ2v) is 5.63. The SMILES string of the molecule is CC(C)CNc1nc(N)c(C(=O)NCCC(F)(F)F)s1. The van der Waals surface area contributed by atoms with Crippen LogP contribution in [0.15, 0.2) is 0 Å². The van der Waals surface area contributed by atoms with Crippen molar-refractivity contribution in [2.75, 3.05) is 24.1 Å². The molecule has 9 heteroatoms. The quantitative estimate of drug-likeness (QED) is 0.754. The molecule has 114 valence electrons. The number of thiazole rings is 1. The molecule has 0 aliphatic carbocycles. The molecular weight excluding hydrogens is 293 g/mol. The minimum atomic E-state index is -4.30. The lowest BCUT2D eigenvalue weighted by Crippen LogP contribution is -2.27. The highest BCUT2D eigenvalue weighted by molar-refractivity contribution is 7.18. The van der Waals surface area contributed by atoms with Crippen LogP contribution >= 0.6 is 11.3 Å². The van der Waals surface area contributed by atoms with Gasteiger partial charge in [-0.15, -0.1) is 0 Å². The third-order valence-electron chi connectivity index (χ3n) is 2.22. The molecule has 0 unspecified atom stereocenters. The standard InChI is InChI=1S/C11H17F3N4OS/c1-6(2)5-17-10-18-8(15)7(20-10)9(19)16-4-3-11(12,13)14/h6H,3-5,15H2,1-2H3,(H,16,19)(H,17,18). The Balaban J connectivity index is 2.55. The van der Waals surface area contributed by atoms with Gasteiger partial charge in [0, 0.05) is 13.1 Å². The number of nitrogens with one attached hydrogen (secondary N) is 2. The van der Waals surface area contributed by atoms with Gasteiger partial charge < -0.3 is 16.4 Å². The Hall–Kier alpha value is -1.51. The van der Waals surface area contributed by atoms with Crippen LogP contribution in [0.25, 0.3) is 0 Å². The Labute approximate surface area is 118 Å². The molecule has 4 N–H and O–H groups in total. The van der Waals surface area contributed by atoms with Crippen LogP contribution < -0.4 is 16.4 Å². The third-order valence-corrected chi connectivity index (χ3v) is 3.24. The molecule has 0 spiro atoms. The van der Waals surface area contributed by atoms with Crippen LogP contribution in [-0.2, 0) is 0 Å². The zero-order chi connectivity index (χ0) is 15.3. The van der Waals surface area contributed by atoms with Gasteiger partial charge in [-0.3, -0.25) is 4.79 Å². The summed E-state index contributed by atoms with van der Waals surface area (Å²) in [4.78, 5) is 15.8. The number of alkyl halides is 3. The van der Waals surface area contributed by atoms with Crippen LogP contribution in [0.1, 0.15) is 29.9 Å². The fourth-order valence-corrected chi connectivity index (χ4v) is 2.07. The smallest absolute Gasteiger partial charge is 0.382 e. The van der Waals surface area contributed by atoms with E-state index in [-0.39, 0.29) is 10.7 Å². The van der Waals surface area contributed by atoms with Gasteiger partial charge in [-0.2, -0.15) is 13.2 Å². The number of hydrogen-bond acceptors (Lipinski definition) is 5. The number of anilines is 2. The number of nitrogen functional groups attached to an aromatic ring is 1. The van der Waals surface area contributed by atoms with Crippen molar-refractivity contribution in [2.24, 2.45) is 5.92 Å². The van der Waals surface area contributed by atoms with E-state index in [4.69, 9.17) is 5.73 Å². The van der Waals surface area contributed by atoms with Crippen molar-refractivity contribution in [3.63, 3.8) is 0 Å². The molecule has 0 fully saturated rings. The van der Waals surface area contributed by atoms with E-state index in [0.29, 0.717) is 17.6 Å². The lowest BCUT2D eigenvalue weighted by molar-refractivity contribution is -0.132. The predicted molar refractivity (Wildman–Crippen MR) is 72.9 cm³/mol. The summed E-state index contributed by atoms with van der Waals surface area (Å²) < 4.78 is 35.9. The van der Waals surface area contributed by atoms with Crippen LogP contribution in [0.3, 0.4) is 0 Å². The first-order chi connectivity index (χ1) is 9.19. The maximum absolute atomic E-state index is 12.0. The number of nitrogens with zero attached hydrogens (tertiary/aromatic N) is 1. The van der Waals surface area contributed by atoms with E-state index in [1.807, 2.05) is 13.8 Å². The Kier molecular flexibility index (Phi) is 5.61. The first-order valence-electron chi connectivity index (χ1n) is 6.04. The second kappa shape index (κ2) is 6.78. The Morgan fingerprint density at radius 2 is 2.10 bits per heavy atom. The molecule has 0 aromatic carbocycles. The number of nitrogens with two attached hydrogens (primary N) is 1. The van der Waals surface area contributed by atoms with Gasteiger partial charge in [0.2, 0.25) is 0 Å². The molecule has 0 aliphatic rings. The summed E-state index contributed by atoms with van der Waals surface area (Å²) in [6, 6.07) is 0. The van der Waals surface area contributed by atoms with Gasteiger partial charge in [0.1, 0.15) is 10.7 Å². The van der Waals surface area contributed by atoms with Gasteiger partial charge in [-0.1, -0.05) is 25.2 Å². The van der Waals surface area contributed by atoms with Gasteiger partial charge >= 0.3 is 6.18 Å². The predicted octanol–water partition coefficient (Wildman–Crippen LogP) is 2.48. The Morgan fingerprint density at radius 3 is 2.65 bits per heavy atom. The molecule has 0 aliphatic heterocycles. The van der Waals surface area contributed by atoms with Crippen LogP contribution in [0, 0.1) is 5.92 Å². The maximum atomic E-state index is 12.0. The normalized spacial score (nSPS) is 11.7. The van der Waals surface area contributed by atoms with E-state index < -0.39 is 25.0 Å². The summed E-state index contributed by atoms with van der Waals surface area (Å²) in [6.07, 6.45) is -5.37. The topological polar surface area (TPSA) is 80.0 Å². The Bertz CT molecular complexity index is 459. The highest BCUT2D eigenvalue weighted by atomic mass is 32.1. The highest BCUT2D eigenvalue weighted by Gasteiger charge is 2.27. The molecule has 0 bridgehead atoms. The van der Waals surface area contributed by atoms with Gasteiger partial charge in [0.15, 0.2) is 5.13 Å². The van der Waals surface area contributed by atoms with Crippen molar-refractivity contribution in [2.45, 2.75) is 26.4 Å². The molecule has 0 saturated heterocycles. The summed E-state index contributed by atoms with van der Waals surface area (Å²) >= 11 is 1.03. The van der Waals surface area contributed by atoms with Crippen molar-refractivity contribution in [1.82, 2.24) is 10.3 Å². The molecule has 1 rings (SSSR count). The molecular formula is C11H17F3N4OS. The molecule has 5 nitrogen and oxygen atoms in total. The van der Waals surface area contributed by atoms with E-state index in [0.717, 1.165) is 11.3 Å². The first-order valence-corrected chi connectivity index (χ1v) is 6.86. The highest BCUT2D eigenvalue weighted by Crippen LogP contribution is 2.25. The van der Waals surface area contributed by atoms with Gasteiger partial charge in [-0.25, -0.2) is 4.98 Å². The number of amides is 1. The minimum absolute atomic E-state index is 0.0192. The van der Waals surface area contributed by atoms with Crippen LogP contribution in [-0.4, -0.2) is 30.2 Å². The van der Waals surface area contributed by atoms with E-state index in [9.17, 15) is 18.0 Å². The molecule has 0 saturated carbocycles. The van der Waals surface area contributed by atoms with Crippen molar-refractivity contribution in [1.29, 1.82) is 0 Å². The van der Waals surface area contributed by atoms with Gasteiger partial charge in [0.05, 0.1) is 6.42 Å².